The van der Waals surface area contributed by atoms with Crippen molar-refractivity contribution in [1.82, 2.24) is 10.2 Å². The zero-order valence-corrected chi connectivity index (χ0v) is 10.6. The molecule has 1 N–H and O–H groups in total. The fourth-order valence-corrected chi connectivity index (χ4v) is 3.17. The molecule has 2 heterocycles. The molecule has 2 atom stereocenters. The first-order chi connectivity index (χ1) is 8.15. The number of hydrogen-bond donors (Lipinski definition) is 1. The molecule has 2 bridgehead atoms. The van der Waals surface area contributed by atoms with E-state index in [0.717, 1.165) is 19.5 Å². The molecule has 0 aliphatic carbocycles. The van der Waals surface area contributed by atoms with Gasteiger partial charge in [-0.1, -0.05) is 23.2 Å². The van der Waals surface area contributed by atoms with E-state index in [0.29, 0.717) is 27.7 Å². The Morgan fingerprint density at radius 3 is 2.29 bits per heavy atom. The molecule has 2 saturated heterocycles. The van der Waals surface area contributed by atoms with E-state index in [9.17, 15) is 4.79 Å². The number of rotatable bonds is 1. The average molecular weight is 271 g/mol. The zero-order chi connectivity index (χ0) is 12.0. The first kappa shape index (κ1) is 11.3. The van der Waals surface area contributed by atoms with Gasteiger partial charge in [-0.05, 0) is 24.6 Å². The molecule has 0 aromatic heterocycles. The van der Waals surface area contributed by atoms with Crippen LogP contribution < -0.4 is 5.32 Å². The number of fused-ring (bicyclic) bond motifs is 2. The third kappa shape index (κ3) is 1.92. The number of piperidine rings is 1. The summed E-state index contributed by atoms with van der Waals surface area (Å²) >= 11 is 11.8. The molecule has 3 rings (SSSR count). The molecule has 1 amide bonds. The van der Waals surface area contributed by atoms with Crippen molar-refractivity contribution in [3.05, 3.63) is 33.8 Å². The Labute approximate surface area is 110 Å². The summed E-state index contributed by atoms with van der Waals surface area (Å²) in [7, 11) is 0. The molecule has 17 heavy (non-hydrogen) atoms. The molecule has 0 radical (unpaired) electrons. The summed E-state index contributed by atoms with van der Waals surface area (Å²) in [5, 5.41) is 4.31. The van der Waals surface area contributed by atoms with E-state index in [2.05, 4.69) is 5.32 Å². The lowest BCUT2D eigenvalue weighted by molar-refractivity contribution is -0.00217. The highest BCUT2D eigenvalue weighted by Crippen LogP contribution is 2.31. The van der Waals surface area contributed by atoms with Gasteiger partial charge in [-0.25, -0.2) is 0 Å². The fourth-order valence-electron chi connectivity index (χ4n) is 2.64. The van der Waals surface area contributed by atoms with Crippen molar-refractivity contribution in [2.75, 3.05) is 13.1 Å². The predicted molar refractivity (Wildman–Crippen MR) is 67.7 cm³/mol. The second-order valence-electron chi connectivity index (χ2n) is 4.57. The largest absolute Gasteiger partial charge is 0.330 e. The highest BCUT2D eigenvalue weighted by atomic mass is 35.5. The van der Waals surface area contributed by atoms with Crippen molar-refractivity contribution in [1.29, 1.82) is 0 Å². The van der Waals surface area contributed by atoms with Crippen LogP contribution in [0, 0.1) is 0 Å². The van der Waals surface area contributed by atoms with Crippen molar-refractivity contribution in [3.8, 4) is 0 Å². The third-order valence-electron chi connectivity index (χ3n) is 3.43. The number of halogens is 2. The summed E-state index contributed by atoms with van der Waals surface area (Å²) in [5.74, 6) is 0.0390. The van der Waals surface area contributed by atoms with Crippen LogP contribution in [0.5, 0.6) is 0 Å². The average Bonchev–Trinajstić information content (AvgIpc) is 2.28. The number of carbonyl (C=O) groups excluding carboxylic acids is 1. The highest BCUT2D eigenvalue weighted by molar-refractivity contribution is 6.35. The number of benzene rings is 1. The van der Waals surface area contributed by atoms with Gasteiger partial charge in [0.25, 0.3) is 5.91 Å². The number of nitrogens with zero attached hydrogens (tertiary/aromatic N) is 1. The van der Waals surface area contributed by atoms with Gasteiger partial charge >= 0.3 is 0 Å². The van der Waals surface area contributed by atoms with E-state index in [4.69, 9.17) is 23.2 Å². The molecule has 2 fully saturated rings. The van der Waals surface area contributed by atoms with Crippen molar-refractivity contribution in [2.45, 2.75) is 18.5 Å². The van der Waals surface area contributed by atoms with E-state index in [1.54, 1.807) is 18.2 Å². The second-order valence-corrected chi connectivity index (χ2v) is 5.45. The number of hydrogen-bond acceptors (Lipinski definition) is 2. The van der Waals surface area contributed by atoms with Crippen molar-refractivity contribution in [2.24, 2.45) is 0 Å². The Balaban J connectivity index is 1.86. The van der Waals surface area contributed by atoms with Gasteiger partial charge in [-0.2, -0.15) is 0 Å². The number of piperazine rings is 1. The molecule has 0 spiro atoms. The Morgan fingerprint density at radius 1 is 1.18 bits per heavy atom. The maximum absolute atomic E-state index is 12.3. The van der Waals surface area contributed by atoms with Crippen molar-refractivity contribution < 1.29 is 4.79 Å². The molecule has 90 valence electrons. The smallest absolute Gasteiger partial charge is 0.254 e. The Hall–Kier alpha value is -0.770. The molecular weight excluding hydrogens is 259 g/mol. The van der Waals surface area contributed by atoms with Gasteiger partial charge in [0.05, 0.1) is 0 Å². The summed E-state index contributed by atoms with van der Waals surface area (Å²) in [6.45, 7) is 1.77. The molecular formula is C12H12Cl2N2O. The van der Waals surface area contributed by atoms with Crippen LogP contribution in [0.25, 0.3) is 0 Å². The number of carbonyl (C=O) groups is 1. The maximum atomic E-state index is 12.3. The first-order valence-electron chi connectivity index (χ1n) is 5.64. The monoisotopic (exact) mass is 270 g/mol. The van der Waals surface area contributed by atoms with E-state index in [1.165, 1.54) is 0 Å². The minimum atomic E-state index is 0.0390. The summed E-state index contributed by atoms with van der Waals surface area (Å²) < 4.78 is 0. The van der Waals surface area contributed by atoms with E-state index >= 15 is 0 Å². The van der Waals surface area contributed by atoms with Gasteiger partial charge in [0, 0.05) is 40.8 Å². The van der Waals surface area contributed by atoms with Gasteiger partial charge in [0.2, 0.25) is 0 Å². The molecule has 1 aromatic carbocycles. The molecule has 1 aromatic rings. The molecule has 2 aliphatic heterocycles. The minimum Gasteiger partial charge on any atom is -0.330 e. The van der Waals surface area contributed by atoms with Crippen molar-refractivity contribution in [3.63, 3.8) is 0 Å². The van der Waals surface area contributed by atoms with Crippen LogP contribution in [-0.2, 0) is 0 Å². The molecule has 2 unspecified atom stereocenters. The SMILES string of the molecule is O=C(c1cc(Cl)cc(Cl)c1)N1C2CNCC1C2. The van der Waals surface area contributed by atoms with E-state index in [-0.39, 0.29) is 5.91 Å². The van der Waals surface area contributed by atoms with Crippen LogP contribution in [0.2, 0.25) is 10.0 Å². The summed E-state index contributed by atoms with van der Waals surface area (Å²) in [6, 6.07) is 5.66. The first-order valence-corrected chi connectivity index (χ1v) is 6.40. The van der Waals surface area contributed by atoms with Gasteiger partial charge in [-0.15, -0.1) is 0 Å². The van der Waals surface area contributed by atoms with Gasteiger partial charge < -0.3 is 10.2 Å². The minimum absolute atomic E-state index is 0.0390. The quantitative estimate of drug-likeness (QED) is 0.849. The zero-order valence-electron chi connectivity index (χ0n) is 9.12. The lowest BCUT2D eigenvalue weighted by Gasteiger charge is -2.53. The Kier molecular flexibility index (Phi) is 2.77. The second kappa shape index (κ2) is 4.16. The van der Waals surface area contributed by atoms with Crippen LogP contribution in [0.1, 0.15) is 16.8 Å². The topological polar surface area (TPSA) is 32.3 Å². The van der Waals surface area contributed by atoms with Crippen LogP contribution >= 0.6 is 23.2 Å². The predicted octanol–water partition coefficient (Wildman–Crippen LogP) is 2.18. The van der Waals surface area contributed by atoms with Crippen LogP contribution in [0.15, 0.2) is 18.2 Å². The lowest BCUT2D eigenvalue weighted by Crippen LogP contribution is -2.69. The van der Waals surface area contributed by atoms with Crippen LogP contribution in [0.4, 0.5) is 0 Å². The standard InChI is InChI=1S/C12H12Cl2N2O/c13-8-1-7(2-9(14)3-8)12(17)16-10-4-11(16)6-15-5-10/h1-3,10-11,15H,4-6H2. The van der Waals surface area contributed by atoms with Crippen molar-refractivity contribution >= 4 is 29.1 Å². The number of amides is 1. The third-order valence-corrected chi connectivity index (χ3v) is 3.87. The van der Waals surface area contributed by atoms with Crippen LogP contribution in [0.3, 0.4) is 0 Å². The number of nitrogens with one attached hydrogen (secondary N) is 1. The van der Waals surface area contributed by atoms with E-state index in [1.807, 2.05) is 4.90 Å². The van der Waals surface area contributed by atoms with Gasteiger partial charge in [0.1, 0.15) is 0 Å². The van der Waals surface area contributed by atoms with Gasteiger partial charge in [-0.3, -0.25) is 4.79 Å². The summed E-state index contributed by atoms with van der Waals surface area (Å²) in [4.78, 5) is 14.3. The fraction of sp³-hybridized carbons (Fsp3) is 0.417. The molecule has 3 nitrogen and oxygen atoms in total. The Bertz CT molecular complexity index is 443. The summed E-state index contributed by atoms with van der Waals surface area (Å²) in [5.41, 5.74) is 0.582. The summed E-state index contributed by atoms with van der Waals surface area (Å²) in [6.07, 6.45) is 1.10. The Morgan fingerprint density at radius 2 is 1.76 bits per heavy atom. The lowest BCUT2D eigenvalue weighted by atomic mass is 9.88. The maximum Gasteiger partial charge on any atom is 0.254 e. The van der Waals surface area contributed by atoms with Gasteiger partial charge in [0.15, 0.2) is 0 Å². The normalized spacial score (nSPS) is 26.6. The van der Waals surface area contributed by atoms with Crippen LogP contribution in [-0.4, -0.2) is 36.0 Å². The molecule has 5 heteroatoms. The molecule has 0 saturated carbocycles. The van der Waals surface area contributed by atoms with E-state index < -0.39 is 0 Å². The highest BCUT2D eigenvalue weighted by Gasteiger charge is 2.44. The molecule has 2 aliphatic rings.